The minimum atomic E-state index is -0.391. The molecule has 0 aromatic heterocycles. The average Bonchev–Trinajstić information content (AvgIpc) is 2.18. The number of rotatable bonds is 4. The molecular weight excluding hydrogens is 183 g/mol. The van der Waals surface area contributed by atoms with Gasteiger partial charge in [-0.05, 0) is 30.7 Å². The molecule has 0 amide bonds. The van der Waals surface area contributed by atoms with Crippen LogP contribution in [0.2, 0.25) is 0 Å². The van der Waals surface area contributed by atoms with Crippen LogP contribution < -0.4 is 16.2 Å². The Bertz CT molecular complexity index is 304. The van der Waals surface area contributed by atoms with Crippen molar-refractivity contribution < 1.29 is 9.13 Å². The highest BCUT2D eigenvalue weighted by molar-refractivity contribution is 5.30. The molecule has 4 heteroatoms. The summed E-state index contributed by atoms with van der Waals surface area (Å²) in [6.07, 6.45) is 0.645. The van der Waals surface area contributed by atoms with Gasteiger partial charge in [-0.1, -0.05) is 6.07 Å². The van der Waals surface area contributed by atoms with E-state index in [2.05, 4.69) is 0 Å². The monoisotopic (exact) mass is 198 g/mol. The van der Waals surface area contributed by atoms with Crippen molar-refractivity contribution >= 4 is 0 Å². The van der Waals surface area contributed by atoms with Gasteiger partial charge in [0.05, 0.1) is 7.11 Å². The van der Waals surface area contributed by atoms with Crippen molar-refractivity contribution in [1.29, 1.82) is 0 Å². The number of hydrogen-bond donors (Lipinski definition) is 2. The van der Waals surface area contributed by atoms with Crippen molar-refractivity contribution in [3.8, 4) is 5.75 Å². The third-order valence-corrected chi connectivity index (χ3v) is 2.08. The fraction of sp³-hybridized carbons (Fsp3) is 0.400. The summed E-state index contributed by atoms with van der Waals surface area (Å²) in [6, 6.07) is 4.50. The van der Waals surface area contributed by atoms with Crippen molar-refractivity contribution in [3.05, 3.63) is 29.6 Å². The van der Waals surface area contributed by atoms with Gasteiger partial charge in [0.25, 0.3) is 0 Å². The van der Waals surface area contributed by atoms with Gasteiger partial charge in [-0.25, -0.2) is 4.39 Å². The first kappa shape index (κ1) is 10.9. The lowest BCUT2D eigenvalue weighted by atomic mass is 10.0. The van der Waals surface area contributed by atoms with E-state index < -0.39 is 5.82 Å². The minimum Gasteiger partial charge on any atom is -0.494 e. The SMILES string of the molecule is COc1ccc(C(N)CCN)cc1F. The van der Waals surface area contributed by atoms with E-state index in [0.717, 1.165) is 5.56 Å². The molecular formula is C10H15FN2O. The maximum Gasteiger partial charge on any atom is 0.165 e. The van der Waals surface area contributed by atoms with Crippen LogP contribution in [-0.2, 0) is 0 Å². The van der Waals surface area contributed by atoms with Crippen LogP contribution in [0.15, 0.2) is 18.2 Å². The predicted octanol–water partition coefficient (Wildman–Crippen LogP) is 1.18. The van der Waals surface area contributed by atoms with Crippen molar-refractivity contribution in [2.75, 3.05) is 13.7 Å². The van der Waals surface area contributed by atoms with E-state index >= 15 is 0 Å². The summed E-state index contributed by atoms with van der Waals surface area (Å²) in [5.41, 5.74) is 11.9. The zero-order chi connectivity index (χ0) is 10.6. The first-order valence-corrected chi connectivity index (χ1v) is 4.48. The van der Waals surface area contributed by atoms with Crippen LogP contribution >= 0.6 is 0 Å². The fourth-order valence-corrected chi connectivity index (χ4v) is 1.26. The van der Waals surface area contributed by atoms with E-state index in [9.17, 15) is 4.39 Å². The zero-order valence-corrected chi connectivity index (χ0v) is 8.16. The highest BCUT2D eigenvalue weighted by Crippen LogP contribution is 2.21. The molecule has 0 fully saturated rings. The molecule has 1 atom stereocenters. The summed E-state index contributed by atoms with van der Waals surface area (Å²) in [6.45, 7) is 0.495. The largest absolute Gasteiger partial charge is 0.494 e. The van der Waals surface area contributed by atoms with Gasteiger partial charge in [0.1, 0.15) is 0 Å². The quantitative estimate of drug-likeness (QED) is 0.763. The number of methoxy groups -OCH3 is 1. The van der Waals surface area contributed by atoms with Crippen LogP contribution in [0.25, 0.3) is 0 Å². The number of nitrogens with two attached hydrogens (primary N) is 2. The molecule has 0 saturated heterocycles. The second-order valence-electron chi connectivity index (χ2n) is 3.08. The molecule has 4 N–H and O–H groups in total. The van der Waals surface area contributed by atoms with E-state index in [1.807, 2.05) is 0 Å². The van der Waals surface area contributed by atoms with Gasteiger partial charge in [0, 0.05) is 6.04 Å². The molecule has 1 rings (SSSR count). The van der Waals surface area contributed by atoms with E-state index in [1.165, 1.54) is 13.2 Å². The molecule has 0 saturated carbocycles. The second-order valence-corrected chi connectivity index (χ2v) is 3.08. The first-order chi connectivity index (χ1) is 6.69. The number of hydrogen-bond acceptors (Lipinski definition) is 3. The smallest absolute Gasteiger partial charge is 0.165 e. The molecule has 0 radical (unpaired) electrons. The van der Waals surface area contributed by atoms with Gasteiger partial charge in [0.2, 0.25) is 0 Å². The van der Waals surface area contributed by atoms with Crippen LogP contribution in [-0.4, -0.2) is 13.7 Å². The minimum absolute atomic E-state index is 0.208. The van der Waals surface area contributed by atoms with Gasteiger partial charge in [-0.3, -0.25) is 0 Å². The molecule has 1 aromatic rings. The van der Waals surface area contributed by atoms with E-state index in [-0.39, 0.29) is 11.8 Å². The Labute approximate surface area is 82.9 Å². The van der Waals surface area contributed by atoms with Crippen LogP contribution in [0.1, 0.15) is 18.0 Å². The highest BCUT2D eigenvalue weighted by atomic mass is 19.1. The maximum absolute atomic E-state index is 13.2. The van der Waals surface area contributed by atoms with Gasteiger partial charge in [-0.2, -0.15) is 0 Å². The molecule has 0 spiro atoms. The van der Waals surface area contributed by atoms with Gasteiger partial charge in [0.15, 0.2) is 11.6 Å². The summed E-state index contributed by atoms with van der Waals surface area (Å²) < 4.78 is 18.0. The molecule has 1 unspecified atom stereocenters. The number of ether oxygens (including phenoxy) is 1. The summed E-state index contributed by atoms with van der Waals surface area (Å²) in [4.78, 5) is 0. The van der Waals surface area contributed by atoms with Gasteiger partial charge in [-0.15, -0.1) is 0 Å². The average molecular weight is 198 g/mol. The Morgan fingerprint density at radius 1 is 1.50 bits per heavy atom. The number of halogens is 1. The Balaban J connectivity index is 2.85. The van der Waals surface area contributed by atoms with Crippen molar-refractivity contribution in [1.82, 2.24) is 0 Å². The lowest BCUT2D eigenvalue weighted by Crippen LogP contribution is -2.15. The molecule has 0 aliphatic heterocycles. The lowest BCUT2D eigenvalue weighted by Gasteiger charge is -2.11. The van der Waals surface area contributed by atoms with Crippen molar-refractivity contribution in [2.45, 2.75) is 12.5 Å². The topological polar surface area (TPSA) is 61.3 Å². The second kappa shape index (κ2) is 4.93. The fourth-order valence-electron chi connectivity index (χ4n) is 1.26. The van der Waals surface area contributed by atoms with Crippen LogP contribution in [0.3, 0.4) is 0 Å². The Morgan fingerprint density at radius 3 is 2.71 bits per heavy atom. The lowest BCUT2D eigenvalue weighted by molar-refractivity contribution is 0.385. The molecule has 0 aliphatic carbocycles. The van der Waals surface area contributed by atoms with E-state index in [4.69, 9.17) is 16.2 Å². The normalized spacial score (nSPS) is 12.6. The predicted molar refractivity (Wildman–Crippen MR) is 53.6 cm³/mol. The molecule has 1 aromatic carbocycles. The first-order valence-electron chi connectivity index (χ1n) is 4.48. The van der Waals surface area contributed by atoms with E-state index in [1.54, 1.807) is 12.1 Å². The Morgan fingerprint density at radius 2 is 2.21 bits per heavy atom. The van der Waals surface area contributed by atoms with Crippen LogP contribution in [0.4, 0.5) is 4.39 Å². The van der Waals surface area contributed by atoms with Gasteiger partial charge >= 0.3 is 0 Å². The third-order valence-electron chi connectivity index (χ3n) is 2.08. The Hall–Kier alpha value is -1.13. The standard InChI is InChI=1S/C10H15FN2O/c1-14-10-3-2-7(6-8(10)11)9(13)4-5-12/h2-3,6,9H,4-5,12-13H2,1H3. The Kier molecular flexibility index (Phi) is 3.85. The van der Waals surface area contributed by atoms with E-state index in [0.29, 0.717) is 13.0 Å². The van der Waals surface area contributed by atoms with Crippen LogP contribution in [0.5, 0.6) is 5.75 Å². The molecule has 0 aliphatic rings. The summed E-state index contributed by atoms with van der Waals surface area (Å²) in [5.74, 6) is -0.161. The highest BCUT2D eigenvalue weighted by Gasteiger charge is 2.08. The number of benzene rings is 1. The molecule has 78 valence electrons. The summed E-state index contributed by atoms with van der Waals surface area (Å²) >= 11 is 0. The molecule has 0 bridgehead atoms. The maximum atomic E-state index is 13.2. The molecule has 14 heavy (non-hydrogen) atoms. The van der Waals surface area contributed by atoms with Gasteiger partial charge < -0.3 is 16.2 Å². The summed E-state index contributed by atoms with van der Waals surface area (Å²) in [5, 5.41) is 0. The molecule has 3 nitrogen and oxygen atoms in total. The van der Waals surface area contributed by atoms with Crippen molar-refractivity contribution in [2.24, 2.45) is 11.5 Å². The third kappa shape index (κ3) is 2.43. The van der Waals surface area contributed by atoms with Crippen LogP contribution in [0, 0.1) is 5.82 Å². The molecule has 0 heterocycles. The summed E-state index contributed by atoms with van der Waals surface area (Å²) in [7, 11) is 1.43. The zero-order valence-electron chi connectivity index (χ0n) is 8.16. The van der Waals surface area contributed by atoms with Crippen molar-refractivity contribution in [3.63, 3.8) is 0 Å².